The fraction of sp³-hybridized carbons (Fsp3) is 0.526. The summed E-state index contributed by atoms with van der Waals surface area (Å²) in [5.41, 5.74) is 1.57. The van der Waals surface area contributed by atoms with E-state index in [1.807, 2.05) is 32.0 Å². The molecular formula is C19H25ClN2O3. The maximum atomic E-state index is 12.3. The number of halogens is 1. The van der Waals surface area contributed by atoms with Crippen molar-refractivity contribution in [1.29, 1.82) is 0 Å². The number of alkyl halides is 1. The van der Waals surface area contributed by atoms with Crippen LogP contribution in [0.2, 0.25) is 0 Å². The number of amides is 2. The van der Waals surface area contributed by atoms with Crippen LogP contribution in [0.25, 0.3) is 0 Å². The second-order valence-corrected chi connectivity index (χ2v) is 7.01. The lowest BCUT2D eigenvalue weighted by Crippen LogP contribution is -2.39. The number of Topliss-reactive ketones (excluding diaryl/α,β-unsaturated/α-hetero) is 1. The topological polar surface area (TPSA) is 66.5 Å². The first-order valence-electron chi connectivity index (χ1n) is 8.67. The van der Waals surface area contributed by atoms with Gasteiger partial charge in [0.05, 0.1) is 6.54 Å². The Morgan fingerprint density at radius 1 is 1.32 bits per heavy atom. The van der Waals surface area contributed by atoms with Crippen LogP contribution in [0.4, 0.5) is 0 Å². The minimum Gasteiger partial charge on any atom is -0.345 e. The van der Waals surface area contributed by atoms with E-state index in [4.69, 9.17) is 11.6 Å². The molecule has 1 saturated heterocycles. The van der Waals surface area contributed by atoms with E-state index in [9.17, 15) is 14.4 Å². The lowest BCUT2D eigenvalue weighted by Gasteiger charge is -2.32. The molecule has 2 amide bonds. The number of likely N-dealkylation sites (tertiary alicyclic amines) is 1. The fourth-order valence-electron chi connectivity index (χ4n) is 2.97. The number of nitrogens with zero attached hydrogens (tertiary/aromatic N) is 1. The minimum absolute atomic E-state index is 0.000947. The molecule has 0 aliphatic carbocycles. The minimum atomic E-state index is -0.250. The van der Waals surface area contributed by atoms with Crippen molar-refractivity contribution in [2.75, 3.05) is 25.5 Å². The second-order valence-electron chi connectivity index (χ2n) is 6.74. The monoisotopic (exact) mass is 364 g/mol. The first-order valence-corrected chi connectivity index (χ1v) is 9.20. The molecule has 1 aliphatic rings. The number of carbonyl (C=O) groups excluding carboxylic acids is 3. The Labute approximate surface area is 153 Å². The largest absolute Gasteiger partial charge is 0.345 e. The summed E-state index contributed by atoms with van der Waals surface area (Å²) in [6.45, 7) is 5.03. The third-order valence-electron chi connectivity index (χ3n) is 4.58. The highest BCUT2D eigenvalue weighted by Crippen LogP contribution is 2.27. The van der Waals surface area contributed by atoms with Gasteiger partial charge in [-0.3, -0.25) is 14.4 Å². The van der Waals surface area contributed by atoms with Gasteiger partial charge in [-0.1, -0.05) is 26.0 Å². The van der Waals surface area contributed by atoms with Gasteiger partial charge >= 0.3 is 0 Å². The van der Waals surface area contributed by atoms with Gasteiger partial charge in [-0.05, 0) is 30.5 Å². The van der Waals surface area contributed by atoms with Gasteiger partial charge in [-0.25, -0.2) is 0 Å². The summed E-state index contributed by atoms with van der Waals surface area (Å²) in [6.07, 6.45) is 1.90. The van der Waals surface area contributed by atoms with Crippen molar-refractivity contribution >= 4 is 29.2 Å². The first-order chi connectivity index (χ1) is 11.9. The van der Waals surface area contributed by atoms with E-state index in [0.29, 0.717) is 12.1 Å². The lowest BCUT2D eigenvalue weighted by atomic mass is 9.89. The normalized spacial score (nSPS) is 17.4. The van der Waals surface area contributed by atoms with Gasteiger partial charge in [-0.15, -0.1) is 11.6 Å². The van der Waals surface area contributed by atoms with Crippen molar-refractivity contribution in [2.24, 2.45) is 5.92 Å². The Kier molecular flexibility index (Phi) is 7.00. The number of benzene rings is 1. The molecule has 25 heavy (non-hydrogen) atoms. The number of ketones is 1. The highest BCUT2D eigenvalue weighted by atomic mass is 35.5. The summed E-state index contributed by atoms with van der Waals surface area (Å²) in [7, 11) is 0. The van der Waals surface area contributed by atoms with E-state index < -0.39 is 0 Å². The lowest BCUT2D eigenvalue weighted by molar-refractivity contribution is -0.129. The smallest absolute Gasteiger partial charge is 0.251 e. The zero-order valence-electron chi connectivity index (χ0n) is 14.8. The molecule has 2 rings (SSSR count). The fourth-order valence-corrected chi connectivity index (χ4v) is 3.14. The summed E-state index contributed by atoms with van der Waals surface area (Å²) in [6, 6.07) is 7.42. The van der Waals surface area contributed by atoms with E-state index >= 15 is 0 Å². The van der Waals surface area contributed by atoms with Gasteiger partial charge in [0.2, 0.25) is 5.91 Å². The van der Waals surface area contributed by atoms with Crippen molar-refractivity contribution in [2.45, 2.75) is 32.6 Å². The Balaban J connectivity index is 2.04. The van der Waals surface area contributed by atoms with Crippen LogP contribution in [-0.4, -0.2) is 48.0 Å². The molecule has 1 atom stereocenters. The van der Waals surface area contributed by atoms with Crippen LogP contribution in [-0.2, 0) is 9.59 Å². The number of hydrogen-bond acceptors (Lipinski definition) is 3. The van der Waals surface area contributed by atoms with Crippen LogP contribution in [0, 0.1) is 5.92 Å². The average molecular weight is 365 g/mol. The first kappa shape index (κ1) is 19.4. The van der Waals surface area contributed by atoms with Gasteiger partial charge in [0.15, 0.2) is 5.78 Å². The summed E-state index contributed by atoms with van der Waals surface area (Å²) in [4.78, 5) is 37.5. The Morgan fingerprint density at radius 3 is 2.76 bits per heavy atom. The summed E-state index contributed by atoms with van der Waals surface area (Å²) >= 11 is 5.66. The quantitative estimate of drug-likeness (QED) is 0.789. The molecule has 6 heteroatoms. The van der Waals surface area contributed by atoms with Gasteiger partial charge in [-0.2, -0.15) is 0 Å². The zero-order chi connectivity index (χ0) is 18.4. The maximum Gasteiger partial charge on any atom is 0.251 e. The molecule has 0 spiro atoms. The summed E-state index contributed by atoms with van der Waals surface area (Å²) < 4.78 is 0. The van der Waals surface area contributed by atoms with E-state index in [1.165, 1.54) is 0 Å². The number of nitrogens with one attached hydrogen (secondary N) is 1. The predicted octanol–water partition coefficient (Wildman–Crippen LogP) is 2.59. The van der Waals surface area contributed by atoms with Crippen LogP contribution in [0.15, 0.2) is 24.3 Å². The van der Waals surface area contributed by atoms with Crippen LogP contribution in [0.5, 0.6) is 0 Å². The SMILES string of the molecule is CC(C)C(=O)CNC(=O)c1cccc(C2CCCN(C(=O)CCl)C2)c1. The number of carbonyl (C=O) groups is 3. The van der Waals surface area contributed by atoms with E-state index in [0.717, 1.165) is 24.9 Å². The molecule has 136 valence electrons. The van der Waals surface area contributed by atoms with Crippen LogP contribution in [0.3, 0.4) is 0 Å². The van der Waals surface area contributed by atoms with Gasteiger partial charge in [0.25, 0.3) is 5.91 Å². The maximum absolute atomic E-state index is 12.3. The molecule has 1 aromatic rings. The number of rotatable bonds is 6. The molecule has 1 heterocycles. The Morgan fingerprint density at radius 2 is 2.08 bits per heavy atom. The molecule has 1 aliphatic heterocycles. The van der Waals surface area contributed by atoms with Crippen LogP contribution in [0.1, 0.15) is 48.5 Å². The van der Waals surface area contributed by atoms with Crippen LogP contribution >= 0.6 is 11.6 Å². The third-order valence-corrected chi connectivity index (χ3v) is 4.80. The number of hydrogen-bond donors (Lipinski definition) is 1. The van der Waals surface area contributed by atoms with Gasteiger partial charge in [0, 0.05) is 30.5 Å². The van der Waals surface area contributed by atoms with Crippen molar-refractivity contribution in [1.82, 2.24) is 10.2 Å². The highest BCUT2D eigenvalue weighted by molar-refractivity contribution is 6.27. The molecule has 0 radical (unpaired) electrons. The predicted molar refractivity (Wildman–Crippen MR) is 97.9 cm³/mol. The summed E-state index contributed by atoms with van der Waals surface area (Å²) in [5, 5.41) is 2.68. The van der Waals surface area contributed by atoms with E-state index in [2.05, 4.69) is 5.32 Å². The second kappa shape index (κ2) is 8.99. The zero-order valence-corrected chi connectivity index (χ0v) is 15.5. The molecule has 0 aromatic heterocycles. The molecule has 1 N–H and O–H groups in total. The van der Waals surface area contributed by atoms with Crippen molar-refractivity contribution in [3.63, 3.8) is 0 Å². The van der Waals surface area contributed by atoms with Crippen molar-refractivity contribution in [3.8, 4) is 0 Å². The Hall–Kier alpha value is -1.88. The average Bonchev–Trinajstić information content (AvgIpc) is 2.65. The molecule has 5 nitrogen and oxygen atoms in total. The summed E-state index contributed by atoms with van der Waals surface area (Å²) in [5.74, 6) is -0.191. The molecule has 1 unspecified atom stereocenters. The Bertz CT molecular complexity index is 645. The molecule has 0 bridgehead atoms. The number of piperidine rings is 1. The standard InChI is InChI=1S/C19H25ClN2O3/c1-13(2)17(23)11-21-19(25)15-6-3-5-14(9-15)16-7-4-8-22(12-16)18(24)10-20/h3,5-6,9,13,16H,4,7-8,10-12H2,1-2H3,(H,21,25). The molecule has 1 fully saturated rings. The molecular weight excluding hydrogens is 340 g/mol. The van der Waals surface area contributed by atoms with Crippen molar-refractivity contribution < 1.29 is 14.4 Å². The van der Waals surface area contributed by atoms with Crippen molar-refractivity contribution in [3.05, 3.63) is 35.4 Å². The third kappa shape index (κ3) is 5.30. The van der Waals surface area contributed by atoms with Crippen LogP contribution < -0.4 is 5.32 Å². The van der Waals surface area contributed by atoms with E-state index in [1.54, 1.807) is 11.0 Å². The molecule has 1 aromatic carbocycles. The van der Waals surface area contributed by atoms with Gasteiger partial charge < -0.3 is 10.2 Å². The van der Waals surface area contributed by atoms with E-state index in [-0.39, 0.29) is 41.9 Å². The van der Waals surface area contributed by atoms with Gasteiger partial charge in [0.1, 0.15) is 5.88 Å². The highest BCUT2D eigenvalue weighted by Gasteiger charge is 2.24. The molecule has 0 saturated carbocycles.